The summed E-state index contributed by atoms with van der Waals surface area (Å²) in [6.07, 6.45) is 0.961. The molecule has 0 spiro atoms. The molecule has 2 rings (SSSR count). The van der Waals surface area contributed by atoms with E-state index in [2.05, 4.69) is 10.6 Å². The van der Waals surface area contributed by atoms with E-state index in [9.17, 15) is 9.59 Å². The fourth-order valence-electron chi connectivity index (χ4n) is 2.68. The molecule has 0 bridgehead atoms. The monoisotopic (exact) mass is 412 g/mol. The van der Waals surface area contributed by atoms with Gasteiger partial charge >= 0.3 is 0 Å². The van der Waals surface area contributed by atoms with Gasteiger partial charge < -0.3 is 20.1 Å². The van der Waals surface area contributed by atoms with Gasteiger partial charge in [-0.1, -0.05) is 57.2 Å². The van der Waals surface area contributed by atoms with E-state index in [0.717, 1.165) is 11.1 Å². The maximum Gasteiger partial charge on any atom is 0.225 e. The first-order chi connectivity index (χ1) is 14.3. The first-order valence-corrected chi connectivity index (χ1v) is 10.2. The Kier molecular flexibility index (Phi) is 8.71. The van der Waals surface area contributed by atoms with Crippen LogP contribution in [0, 0.1) is 5.41 Å². The number of benzene rings is 2. The van der Waals surface area contributed by atoms with E-state index in [-0.39, 0.29) is 11.8 Å². The van der Waals surface area contributed by atoms with Crippen molar-refractivity contribution in [1.82, 2.24) is 10.6 Å². The second-order valence-electron chi connectivity index (χ2n) is 8.15. The highest BCUT2D eigenvalue weighted by Crippen LogP contribution is 2.28. The smallest absolute Gasteiger partial charge is 0.225 e. The SMILES string of the molecule is COc1cc(CNC(=O)CCCNC(=O)C(C)(C)C)ccc1OCc1ccccc1. The number of amides is 2. The molecule has 0 aliphatic rings. The Morgan fingerprint density at radius 2 is 1.67 bits per heavy atom. The largest absolute Gasteiger partial charge is 0.493 e. The third-order valence-electron chi connectivity index (χ3n) is 4.50. The molecule has 0 saturated carbocycles. The summed E-state index contributed by atoms with van der Waals surface area (Å²) in [7, 11) is 1.60. The van der Waals surface area contributed by atoms with Crippen molar-refractivity contribution >= 4 is 11.8 Å². The third kappa shape index (κ3) is 7.78. The van der Waals surface area contributed by atoms with E-state index in [1.54, 1.807) is 7.11 Å². The zero-order chi connectivity index (χ0) is 22.0. The maximum atomic E-state index is 12.1. The Morgan fingerprint density at radius 3 is 2.33 bits per heavy atom. The summed E-state index contributed by atoms with van der Waals surface area (Å²) in [5, 5.41) is 5.75. The molecule has 0 atom stereocenters. The van der Waals surface area contributed by atoms with Crippen molar-refractivity contribution < 1.29 is 19.1 Å². The van der Waals surface area contributed by atoms with Crippen LogP contribution >= 0.6 is 0 Å². The van der Waals surface area contributed by atoms with Gasteiger partial charge in [0.15, 0.2) is 11.5 Å². The number of carbonyl (C=O) groups excluding carboxylic acids is 2. The van der Waals surface area contributed by atoms with Crippen LogP contribution in [-0.2, 0) is 22.7 Å². The van der Waals surface area contributed by atoms with E-state index in [4.69, 9.17) is 9.47 Å². The van der Waals surface area contributed by atoms with E-state index < -0.39 is 5.41 Å². The Morgan fingerprint density at radius 1 is 0.933 bits per heavy atom. The average molecular weight is 413 g/mol. The molecule has 6 heteroatoms. The van der Waals surface area contributed by atoms with Crippen molar-refractivity contribution in [2.75, 3.05) is 13.7 Å². The minimum Gasteiger partial charge on any atom is -0.493 e. The number of rotatable bonds is 10. The first-order valence-electron chi connectivity index (χ1n) is 10.2. The maximum absolute atomic E-state index is 12.1. The van der Waals surface area contributed by atoms with Gasteiger partial charge in [-0.15, -0.1) is 0 Å². The van der Waals surface area contributed by atoms with E-state index >= 15 is 0 Å². The molecule has 0 heterocycles. The molecule has 0 saturated heterocycles. The molecule has 0 fully saturated rings. The second-order valence-corrected chi connectivity index (χ2v) is 8.15. The van der Waals surface area contributed by atoms with Gasteiger partial charge in [-0.3, -0.25) is 9.59 Å². The van der Waals surface area contributed by atoms with Crippen LogP contribution in [0.2, 0.25) is 0 Å². The van der Waals surface area contributed by atoms with Crippen LogP contribution in [0.15, 0.2) is 48.5 Å². The van der Waals surface area contributed by atoms with E-state index in [1.807, 2.05) is 69.3 Å². The fourth-order valence-corrected chi connectivity index (χ4v) is 2.68. The first kappa shape index (κ1) is 23.3. The summed E-state index contributed by atoms with van der Waals surface area (Å²) in [4.78, 5) is 23.9. The van der Waals surface area contributed by atoms with Crippen LogP contribution in [0.25, 0.3) is 0 Å². The summed E-state index contributed by atoms with van der Waals surface area (Å²) < 4.78 is 11.3. The minimum atomic E-state index is -0.418. The molecule has 0 aliphatic heterocycles. The lowest BCUT2D eigenvalue weighted by molar-refractivity contribution is -0.128. The Balaban J connectivity index is 1.77. The van der Waals surface area contributed by atoms with Gasteiger partial charge in [0.25, 0.3) is 0 Å². The Bertz CT molecular complexity index is 829. The molecule has 2 N–H and O–H groups in total. The molecule has 2 aromatic carbocycles. The summed E-state index contributed by atoms with van der Waals surface area (Å²) in [5.41, 5.74) is 1.58. The van der Waals surface area contributed by atoms with Gasteiger partial charge in [-0.2, -0.15) is 0 Å². The van der Waals surface area contributed by atoms with E-state index in [0.29, 0.717) is 44.0 Å². The molecule has 0 aromatic heterocycles. The lowest BCUT2D eigenvalue weighted by Gasteiger charge is -2.17. The highest BCUT2D eigenvalue weighted by Gasteiger charge is 2.20. The summed E-state index contributed by atoms with van der Waals surface area (Å²) in [6.45, 7) is 6.94. The topological polar surface area (TPSA) is 76.7 Å². The second kappa shape index (κ2) is 11.2. The highest BCUT2D eigenvalue weighted by molar-refractivity contribution is 5.81. The molecule has 30 heavy (non-hydrogen) atoms. The minimum absolute atomic E-state index is 0.00965. The molecule has 2 amide bonds. The van der Waals surface area contributed by atoms with Gasteiger partial charge in [0, 0.05) is 24.9 Å². The van der Waals surface area contributed by atoms with Crippen LogP contribution in [0.5, 0.6) is 11.5 Å². The molecule has 162 valence electrons. The zero-order valence-corrected chi connectivity index (χ0v) is 18.3. The summed E-state index contributed by atoms with van der Waals surface area (Å²) >= 11 is 0. The fraction of sp³-hybridized carbons (Fsp3) is 0.417. The van der Waals surface area contributed by atoms with Gasteiger partial charge in [-0.05, 0) is 29.7 Å². The highest BCUT2D eigenvalue weighted by atomic mass is 16.5. The molecule has 6 nitrogen and oxygen atoms in total. The number of methoxy groups -OCH3 is 1. The van der Waals surface area contributed by atoms with Gasteiger partial charge in [-0.25, -0.2) is 0 Å². The van der Waals surface area contributed by atoms with Crippen molar-refractivity contribution in [2.24, 2.45) is 5.41 Å². The van der Waals surface area contributed by atoms with Crippen LogP contribution in [0.3, 0.4) is 0 Å². The zero-order valence-electron chi connectivity index (χ0n) is 18.3. The van der Waals surface area contributed by atoms with Crippen molar-refractivity contribution in [3.05, 3.63) is 59.7 Å². The predicted octanol–water partition coefficient (Wildman–Crippen LogP) is 3.83. The predicted molar refractivity (Wildman–Crippen MR) is 117 cm³/mol. The van der Waals surface area contributed by atoms with Gasteiger partial charge in [0.2, 0.25) is 11.8 Å². The number of ether oxygens (including phenoxy) is 2. The Labute approximate surface area is 179 Å². The van der Waals surface area contributed by atoms with Crippen LogP contribution in [-0.4, -0.2) is 25.5 Å². The quantitative estimate of drug-likeness (QED) is 0.582. The average Bonchev–Trinajstić information content (AvgIpc) is 2.73. The Hall–Kier alpha value is -3.02. The molecular weight excluding hydrogens is 380 g/mol. The third-order valence-corrected chi connectivity index (χ3v) is 4.50. The van der Waals surface area contributed by atoms with Crippen molar-refractivity contribution in [1.29, 1.82) is 0 Å². The molecule has 0 radical (unpaired) electrons. The van der Waals surface area contributed by atoms with Crippen molar-refractivity contribution in [2.45, 2.75) is 46.8 Å². The van der Waals surface area contributed by atoms with Crippen LogP contribution in [0.1, 0.15) is 44.7 Å². The number of nitrogens with one attached hydrogen (secondary N) is 2. The molecule has 0 unspecified atom stereocenters. The normalized spacial score (nSPS) is 10.9. The molecular formula is C24H32N2O4. The lowest BCUT2D eigenvalue weighted by Crippen LogP contribution is -2.35. The molecule has 2 aromatic rings. The summed E-state index contributed by atoms with van der Waals surface area (Å²) in [6, 6.07) is 15.5. The van der Waals surface area contributed by atoms with Crippen LogP contribution < -0.4 is 20.1 Å². The van der Waals surface area contributed by atoms with Crippen molar-refractivity contribution in [3.8, 4) is 11.5 Å². The van der Waals surface area contributed by atoms with Gasteiger partial charge in [0.1, 0.15) is 6.61 Å². The summed E-state index contributed by atoms with van der Waals surface area (Å²) in [5.74, 6) is 1.22. The van der Waals surface area contributed by atoms with E-state index in [1.165, 1.54) is 0 Å². The number of carbonyl (C=O) groups is 2. The number of hydrogen-bond acceptors (Lipinski definition) is 4. The number of hydrogen-bond donors (Lipinski definition) is 2. The standard InChI is InChI=1S/C24H32N2O4/c1-24(2,3)23(28)25-14-8-11-22(27)26-16-19-12-13-20(21(15-19)29-4)30-17-18-9-6-5-7-10-18/h5-7,9-10,12-13,15H,8,11,14,16-17H2,1-4H3,(H,25,28)(H,26,27). The molecule has 0 aliphatic carbocycles. The lowest BCUT2D eigenvalue weighted by atomic mass is 9.96. The van der Waals surface area contributed by atoms with Crippen LogP contribution in [0.4, 0.5) is 0 Å². The van der Waals surface area contributed by atoms with Crippen molar-refractivity contribution in [3.63, 3.8) is 0 Å². The van der Waals surface area contributed by atoms with Gasteiger partial charge in [0.05, 0.1) is 7.11 Å².